The number of aliphatic imine (C=N–C) groups is 1. The van der Waals surface area contributed by atoms with E-state index >= 15 is 0 Å². The number of rotatable bonds is 5. The third kappa shape index (κ3) is 4.60. The Morgan fingerprint density at radius 2 is 2.09 bits per heavy atom. The maximum Gasteiger partial charge on any atom is 0.188 e. The molecule has 1 saturated heterocycles. The van der Waals surface area contributed by atoms with Gasteiger partial charge in [0, 0.05) is 25.8 Å². The van der Waals surface area contributed by atoms with Crippen molar-refractivity contribution in [3.63, 3.8) is 0 Å². The van der Waals surface area contributed by atoms with Gasteiger partial charge in [-0.2, -0.15) is 0 Å². The lowest BCUT2D eigenvalue weighted by Crippen LogP contribution is -2.37. The van der Waals surface area contributed by atoms with Gasteiger partial charge in [0.15, 0.2) is 5.96 Å². The fraction of sp³-hybridized carbons (Fsp3) is 0.667. The third-order valence-corrected chi connectivity index (χ3v) is 5.15. The summed E-state index contributed by atoms with van der Waals surface area (Å²) in [5, 5.41) is 3.22. The van der Waals surface area contributed by atoms with Crippen molar-refractivity contribution in [1.82, 2.24) is 10.3 Å². The number of nitrogens with zero attached hydrogens (tertiary/aromatic N) is 3. The maximum absolute atomic E-state index is 5.92. The number of hydrogen-bond acceptors (Lipinski definition) is 3. The van der Waals surface area contributed by atoms with Crippen LogP contribution in [-0.4, -0.2) is 30.6 Å². The van der Waals surface area contributed by atoms with Crippen LogP contribution in [0.1, 0.15) is 44.6 Å². The van der Waals surface area contributed by atoms with Crippen LogP contribution in [0.25, 0.3) is 0 Å². The lowest BCUT2D eigenvalue weighted by Gasteiger charge is -2.31. The zero-order chi connectivity index (χ0) is 16.1. The molecule has 0 aromatic carbocycles. The summed E-state index contributed by atoms with van der Waals surface area (Å²) < 4.78 is 0. The molecule has 0 amide bonds. The third-order valence-electron chi connectivity index (χ3n) is 5.15. The quantitative estimate of drug-likeness (QED) is 0.647. The van der Waals surface area contributed by atoms with Gasteiger partial charge in [-0.05, 0) is 49.1 Å². The molecule has 1 saturated carbocycles. The number of hydrogen-bond donors (Lipinski definition) is 2. The van der Waals surface area contributed by atoms with Crippen LogP contribution in [0.5, 0.6) is 0 Å². The average Bonchev–Trinajstić information content (AvgIpc) is 2.53. The van der Waals surface area contributed by atoms with E-state index in [2.05, 4.69) is 39.2 Å². The van der Waals surface area contributed by atoms with Crippen molar-refractivity contribution in [3.05, 3.63) is 23.9 Å². The molecule has 2 aliphatic rings. The summed E-state index contributed by atoms with van der Waals surface area (Å²) in [6, 6.07) is 4.22. The number of pyridine rings is 1. The lowest BCUT2D eigenvalue weighted by atomic mass is 9.85. The van der Waals surface area contributed by atoms with Crippen LogP contribution in [0.2, 0.25) is 0 Å². The molecule has 0 bridgehead atoms. The molecule has 5 nitrogen and oxygen atoms in total. The molecule has 3 rings (SSSR count). The molecule has 2 heterocycles. The standard InChI is InChI=1S/C18H29N5/c1-14-7-9-23(10-8-14)17-6-5-16(12-20-17)13-22-18(19)21-11-15-3-2-4-15/h5-6,12,14-15H,2-4,7-11,13H2,1H3,(H3,19,21,22). The minimum Gasteiger partial charge on any atom is -0.370 e. The first-order valence-corrected chi connectivity index (χ1v) is 8.94. The summed E-state index contributed by atoms with van der Waals surface area (Å²) >= 11 is 0. The first-order chi connectivity index (χ1) is 11.2. The van der Waals surface area contributed by atoms with Crippen molar-refractivity contribution in [2.75, 3.05) is 24.5 Å². The largest absolute Gasteiger partial charge is 0.370 e. The van der Waals surface area contributed by atoms with E-state index in [9.17, 15) is 0 Å². The first-order valence-electron chi connectivity index (χ1n) is 8.94. The average molecular weight is 315 g/mol. The van der Waals surface area contributed by atoms with Gasteiger partial charge >= 0.3 is 0 Å². The fourth-order valence-corrected chi connectivity index (χ4v) is 3.11. The number of nitrogens with two attached hydrogens (primary N) is 1. The van der Waals surface area contributed by atoms with Crippen molar-refractivity contribution in [1.29, 1.82) is 0 Å². The second kappa shape index (κ2) is 7.66. The Morgan fingerprint density at radius 1 is 1.30 bits per heavy atom. The van der Waals surface area contributed by atoms with Gasteiger partial charge in [-0.15, -0.1) is 0 Å². The monoisotopic (exact) mass is 315 g/mol. The highest BCUT2D eigenvalue weighted by molar-refractivity contribution is 5.77. The fourth-order valence-electron chi connectivity index (χ4n) is 3.11. The number of guanidine groups is 1. The molecule has 1 aliphatic carbocycles. The Balaban J connectivity index is 1.46. The minimum atomic E-state index is 0.547. The van der Waals surface area contributed by atoms with E-state index < -0.39 is 0 Å². The van der Waals surface area contributed by atoms with E-state index in [0.29, 0.717) is 12.5 Å². The van der Waals surface area contributed by atoms with Crippen LogP contribution in [0, 0.1) is 11.8 Å². The molecule has 0 spiro atoms. The molecule has 0 atom stereocenters. The Kier molecular flexibility index (Phi) is 5.36. The topological polar surface area (TPSA) is 66.5 Å². The summed E-state index contributed by atoms with van der Waals surface area (Å²) in [6.07, 6.45) is 8.45. The molecule has 0 radical (unpaired) electrons. The van der Waals surface area contributed by atoms with Crippen LogP contribution in [0.4, 0.5) is 5.82 Å². The van der Waals surface area contributed by atoms with Crippen LogP contribution < -0.4 is 16.0 Å². The first kappa shape index (κ1) is 16.1. The molecule has 23 heavy (non-hydrogen) atoms. The molecule has 1 aromatic heterocycles. The predicted octanol–water partition coefficient (Wildman–Crippen LogP) is 2.52. The maximum atomic E-state index is 5.92. The summed E-state index contributed by atoms with van der Waals surface area (Å²) in [5.74, 6) is 3.26. The van der Waals surface area contributed by atoms with Crippen LogP contribution >= 0.6 is 0 Å². The van der Waals surface area contributed by atoms with Gasteiger partial charge < -0.3 is 16.0 Å². The van der Waals surface area contributed by atoms with Crippen molar-refractivity contribution in [2.24, 2.45) is 22.6 Å². The van der Waals surface area contributed by atoms with E-state index in [0.717, 1.165) is 42.9 Å². The van der Waals surface area contributed by atoms with Crippen LogP contribution in [-0.2, 0) is 6.54 Å². The second-order valence-corrected chi connectivity index (χ2v) is 7.07. The molecule has 2 fully saturated rings. The zero-order valence-corrected chi connectivity index (χ0v) is 14.2. The van der Waals surface area contributed by atoms with E-state index in [-0.39, 0.29) is 0 Å². The van der Waals surface area contributed by atoms with Gasteiger partial charge in [0.05, 0.1) is 6.54 Å². The smallest absolute Gasteiger partial charge is 0.188 e. The number of piperidine rings is 1. The molecule has 1 aromatic rings. The molecule has 0 unspecified atom stereocenters. The highest BCUT2D eigenvalue weighted by Gasteiger charge is 2.17. The van der Waals surface area contributed by atoms with E-state index in [1.54, 1.807) is 0 Å². The van der Waals surface area contributed by atoms with Crippen molar-refractivity contribution in [3.8, 4) is 0 Å². The molecular weight excluding hydrogens is 286 g/mol. The predicted molar refractivity (Wildman–Crippen MR) is 95.5 cm³/mol. The summed E-state index contributed by atoms with van der Waals surface area (Å²) in [4.78, 5) is 11.4. The van der Waals surface area contributed by atoms with Gasteiger partial charge in [0.2, 0.25) is 0 Å². The van der Waals surface area contributed by atoms with Crippen molar-refractivity contribution < 1.29 is 0 Å². The Morgan fingerprint density at radius 3 is 2.70 bits per heavy atom. The van der Waals surface area contributed by atoms with Gasteiger partial charge in [0.1, 0.15) is 5.82 Å². The van der Waals surface area contributed by atoms with Gasteiger partial charge in [0.25, 0.3) is 0 Å². The number of anilines is 1. The van der Waals surface area contributed by atoms with Gasteiger partial charge in [-0.3, -0.25) is 0 Å². The summed E-state index contributed by atoms with van der Waals surface area (Å²) in [5.41, 5.74) is 7.02. The van der Waals surface area contributed by atoms with E-state index in [1.165, 1.54) is 32.1 Å². The molecule has 126 valence electrons. The van der Waals surface area contributed by atoms with E-state index in [1.807, 2.05) is 6.20 Å². The van der Waals surface area contributed by atoms with Crippen LogP contribution in [0.3, 0.4) is 0 Å². The summed E-state index contributed by atoms with van der Waals surface area (Å²) in [6.45, 7) is 6.11. The number of nitrogens with one attached hydrogen (secondary N) is 1. The Bertz CT molecular complexity index is 513. The lowest BCUT2D eigenvalue weighted by molar-refractivity contribution is 0.315. The highest BCUT2D eigenvalue weighted by Crippen LogP contribution is 2.25. The van der Waals surface area contributed by atoms with Crippen LogP contribution in [0.15, 0.2) is 23.3 Å². The van der Waals surface area contributed by atoms with E-state index in [4.69, 9.17) is 5.73 Å². The van der Waals surface area contributed by atoms with Gasteiger partial charge in [-0.1, -0.05) is 19.4 Å². The SMILES string of the molecule is CC1CCN(c2ccc(CN=C(N)NCC3CCC3)cn2)CC1. The molecule has 5 heteroatoms. The zero-order valence-electron chi connectivity index (χ0n) is 14.2. The highest BCUT2D eigenvalue weighted by atomic mass is 15.2. The normalized spacial score (nSPS) is 20.4. The Hall–Kier alpha value is -1.78. The van der Waals surface area contributed by atoms with Crippen molar-refractivity contribution in [2.45, 2.75) is 45.6 Å². The van der Waals surface area contributed by atoms with Crippen molar-refractivity contribution >= 4 is 11.8 Å². The molecular formula is C18H29N5. The molecule has 1 aliphatic heterocycles. The second-order valence-electron chi connectivity index (χ2n) is 7.07. The minimum absolute atomic E-state index is 0.547. The van der Waals surface area contributed by atoms with Gasteiger partial charge in [-0.25, -0.2) is 9.98 Å². The number of aromatic nitrogens is 1. The summed E-state index contributed by atoms with van der Waals surface area (Å²) in [7, 11) is 0. The Labute approximate surface area is 139 Å². The molecule has 3 N–H and O–H groups in total.